The van der Waals surface area contributed by atoms with Crippen molar-refractivity contribution in [3.05, 3.63) is 84.9 Å². The quantitative estimate of drug-likeness (QED) is 0.626. The Labute approximate surface area is 119 Å². The Kier molecular flexibility index (Phi) is 3.51. The van der Waals surface area contributed by atoms with Crippen LogP contribution in [0.4, 0.5) is 11.4 Å². The molecular weight excluding hydrogens is 242 g/mol. The smallest absolute Gasteiger partial charge is 0.0463 e. The van der Waals surface area contributed by atoms with E-state index < -0.39 is 0 Å². The molecule has 0 fully saturated rings. The van der Waals surface area contributed by atoms with Crippen molar-refractivity contribution < 1.29 is 0 Å². The van der Waals surface area contributed by atoms with Crippen LogP contribution in [0.3, 0.4) is 0 Å². The minimum Gasteiger partial charge on any atom is -0.355 e. The Morgan fingerprint density at radius 1 is 0.800 bits per heavy atom. The average molecular weight is 259 g/mol. The molecule has 3 aromatic rings. The largest absolute Gasteiger partial charge is 0.355 e. The molecule has 1 N–H and O–H groups in total. The summed E-state index contributed by atoms with van der Waals surface area (Å²) >= 11 is 0. The highest BCUT2D eigenvalue weighted by Crippen LogP contribution is 2.28. The third-order valence-corrected chi connectivity index (χ3v) is 3.44. The van der Waals surface area contributed by atoms with Gasteiger partial charge in [-0.1, -0.05) is 60.7 Å². The molecule has 0 amide bonds. The monoisotopic (exact) mass is 259 g/mol. The molecule has 20 heavy (non-hydrogen) atoms. The number of para-hydroxylation sites is 1. The van der Waals surface area contributed by atoms with Crippen molar-refractivity contribution >= 4 is 22.1 Å². The molecule has 3 aromatic carbocycles. The van der Waals surface area contributed by atoms with Gasteiger partial charge in [-0.15, -0.1) is 6.58 Å². The molecule has 0 aliphatic carbocycles. The van der Waals surface area contributed by atoms with Crippen molar-refractivity contribution in [3.8, 4) is 0 Å². The molecule has 0 saturated heterocycles. The number of allylic oxidation sites excluding steroid dienone is 1. The highest BCUT2D eigenvalue weighted by Gasteiger charge is 2.03. The Hall–Kier alpha value is -2.54. The van der Waals surface area contributed by atoms with Crippen LogP contribution in [-0.2, 0) is 6.42 Å². The summed E-state index contributed by atoms with van der Waals surface area (Å²) in [5, 5.41) is 6.04. The molecule has 0 aliphatic heterocycles. The summed E-state index contributed by atoms with van der Waals surface area (Å²) in [6, 6.07) is 23.1. The lowest BCUT2D eigenvalue weighted by Gasteiger charge is -2.13. The normalized spacial score (nSPS) is 10.4. The van der Waals surface area contributed by atoms with Crippen LogP contribution in [0.15, 0.2) is 79.4 Å². The molecule has 0 aromatic heterocycles. The van der Waals surface area contributed by atoms with E-state index in [1.165, 1.54) is 16.3 Å². The van der Waals surface area contributed by atoms with Gasteiger partial charge in [-0.2, -0.15) is 0 Å². The van der Waals surface area contributed by atoms with Crippen molar-refractivity contribution in [2.75, 3.05) is 5.32 Å². The second-order valence-electron chi connectivity index (χ2n) is 4.80. The SMILES string of the molecule is C=CCc1ccccc1Nc1cccc2ccccc12. The summed E-state index contributed by atoms with van der Waals surface area (Å²) in [6.07, 6.45) is 2.80. The lowest BCUT2D eigenvalue weighted by molar-refractivity contribution is 1.27. The molecule has 0 aliphatic rings. The van der Waals surface area contributed by atoms with E-state index >= 15 is 0 Å². The average Bonchev–Trinajstić information content (AvgIpc) is 2.50. The fourth-order valence-electron chi connectivity index (χ4n) is 2.46. The summed E-state index contributed by atoms with van der Waals surface area (Å²) in [4.78, 5) is 0. The van der Waals surface area contributed by atoms with Gasteiger partial charge in [-0.3, -0.25) is 0 Å². The molecule has 1 nitrogen and oxygen atoms in total. The second-order valence-corrected chi connectivity index (χ2v) is 4.80. The van der Waals surface area contributed by atoms with Crippen LogP contribution in [0.1, 0.15) is 5.56 Å². The number of nitrogens with one attached hydrogen (secondary N) is 1. The highest BCUT2D eigenvalue weighted by molar-refractivity contribution is 5.95. The first-order valence-electron chi connectivity index (χ1n) is 6.82. The molecule has 0 atom stereocenters. The maximum Gasteiger partial charge on any atom is 0.0463 e. The minimum absolute atomic E-state index is 0.869. The Bertz CT molecular complexity index is 738. The maximum absolute atomic E-state index is 3.83. The first-order valence-corrected chi connectivity index (χ1v) is 6.82. The zero-order valence-electron chi connectivity index (χ0n) is 11.3. The standard InChI is InChI=1S/C19H17N/c1-2-8-16-10-4-6-13-18(16)20-19-14-7-11-15-9-3-5-12-17(15)19/h2-7,9-14,20H,1,8H2. The van der Waals surface area contributed by atoms with Gasteiger partial charge in [-0.25, -0.2) is 0 Å². The van der Waals surface area contributed by atoms with Crippen LogP contribution >= 0.6 is 0 Å². The zero-order valence-corrected chi connectivity index (χ0v) is 11.3. The molecule has 0 spiro atoms. The Balaban J connectivity index is 2.03. The molecule has 1 heteroatoms. The molecule has 98 valence electrons. The maximum atomic E-state index is 3.83. The van der Waals surface area contributed by atoms with Gasteiger partial charge in [-0.05, 0) is 29.5 Å². The van der Waals surface area contributed by atoms with Crippen LogP contribution in [0.5, 0.6) is 0 Å². The molecular formula is C19H17N. The lowest BCUT2D eigenvalue weighted by Crippen LogP contribution is -1.95. The molecule has 0 radical (unpaired) electrons. The Morgan fingerprint density at radius 3 is 2.40 bits per heavy atom. The van der Waals surface area contributed by atoms with Gasteiger partial charge in [0.15, 0.2) is 0 Å². The van der Waals surface area contributed by atoms with Crippen molar-refractivity contribution in [2.45, 2.75) is 6.42 Å². The second kappa shape index (κ2) is 5.62. The van der Waals surface area contributed by atoms with Crippen LogP contribution in [-0.4, -0.2) is 0 Å². The summed E-state index contributed by atoms with van der Waals surface area (Å²) in [6.45, 7) is 3.83. The summed E-state index contributed by atoms with van der Waals surface area (Å²) < 4.78 is 0. The molecule has 0 unspecified atom stereocenters. The number of anilines is 2. The molecule has 0 bridgehead atoms. The summed E-state index contributed by atoms with van der Waals surface area (Å²) in [7, 11) is 0. The van der Waals surface area contributed by atoms with Gasteiger partial charge < -0.3 is 5.32 Å². The minimum atomic E-state index is 0.869. The lowest BCUT2D eigenvalue weighted by atomic mass is 10.1. The van der Waals surface area contributed by atoms with Crippen molar-refractivity contribution in [3.63, 3.8) is 0 Å². The van der Waals surface area contributed by atoms with Gasteiger partial charge in [0.1, 0.15) is 0 Å². The van der Waals surface area contributed by atoms with E-state index in [9.17, 15) is 0 Å². The molecule has 0 saturated carbocycles. The van der Waals surface area contributed by atoms with Gasteiger partial charge in [0.2, 0.25) is 0 Å². The zero-order chi connectivity index (χ0) is 13.8. The third kappa shape index (κ3) is 2.43. The number of benzene rings is 3. The van der Waals surface area contributed by atoms with Crippen molar-refractivity contribution in [1.29, 1.82) is 0 Å². The summed E-state index contributed by atoms with van der Waals surface area (Å²) in [5.74, 6) is 0. The Morgan fingerprint density at radius 2 is 1.50 bits per heavy atom. The van der Waals surface area contributed by atoms with E-state index in [1.807, 2.05) is 6.08 Å². The molecule has 3 rings (SSSR count). The van der Waals surface area contributed by atoms with Crippen molar-refractivity contribution in [1.82, 2.24) is 0 Å². The summed E-state index contributed by atoms with van der Waals surface area (Å²) in [5.41, 5.74) is 3.54. The topological polar surface area (TPSA) is 12.0 Å². The van der Waals surface area contributed by atoms with Gasteiger partial charge in [0.05, 0.1) is 0 Å². The van der Waals surface area contributed by atoms with E-state index in [1.54, 1.807) is 0 Å². The predicted molar refractivity (Wildman–Crippen MR) is 87.6 cm³/mol. The van der Waals surface area contributed by atoms with Crippen LogP contribution in [0.25, 0.3) is 10.8 Å². The van der Waals surface area contributed by atoms with E-state index in [2.05, 4.69) is 78.6 Å². The van der Waals surface area contributed by atoms with Crippen LogP contribution in [0.2, 0.25) is 0 Å². The van der Waals surface area contributed by atoms with Gasteiger partial charge in [0, 0.05) is 16.8 Å². The van der Waals surface area contributed by atoms with Crippen LogP contribution in [0, 0.1) is 0 Å². The van der Waals surface area contributed by atoms with Gasteiger partial charge in [0.25, 0.3) is 0 Å². The molecule has 0 heterocycles. The number of rotatable bonds is 4. The number of fused-ring (bicyclic) bond motifs is 1. The fourth-order valence-corrected chi connectivity index (χ4v) is 2.46. The first kappa shape index (κ1) is 12.5. The van der Waals surface area contributed by atoms with Gasteiger partial charge >= 0.3 is 0 Å². The highest BCUT2D eigenvalue weighted by atomic mass is 14.9. The number of hydrogen-bond acceptors (Lipinski definition) is 1. The van der Waals surface area contributed by atoms with E-state index in [-0.39, 0.29) is 0 Å². The number of hydrogen-bond donors (Lipinski definition) is 1. The van der Waals surface area contributed by atoms with E-state index in [0.29, 0.717) is 0 Å². The first-order chi connectivity index (χ1) is 9.88. The predicted octanol–water partition coefficient (Wildman–Crippen LogP) is 5.31. The fraction of sp³-hybridized carbons (Fsp3) is 0.0526. The van der Waals surface area contributed by atoms with E-state index in [0.717, 1.165) is 17.8 Å². The van der Waals surface area contributed by atoms with Crippen molar-refractivity contribution in [2.24, 2.45) is 0 Å². The third-order valence-electron chi connectivity index (χ3n) is 3.44. The van der Waals surface area contributed by atoms with Crippen LogP contribution < -0.4 is 5.32 Å². The van der Waals surface area contributed by atoms with E-state index in [4.69, 9.17) is 0 Å².